The molecular formula is C13H21NO. The van der Waals surface area contributed by atoms with Gasteiger partial charge in [-0.05, 0) is 19.4 Å². The van der Waals surface area contributed by atoms with E-state index >= 15 is 0 Å². The Hall–Kier alpha value is -1.05. The Kier molecular flexibility index (Phi) is 5.83. The predicted octanol–water partition coefficient (Wildman–Crippen LogP) is 3.74. The van der Waals surface area contributed by atoms with Crippen LogP contribution in [0, 0.1) is 6.92 Å². The van der Waals surface area contributed by atoms with Gasteiger partial charge in [0.1, 0.15) is 5.75 Å². The van der Waals surface area contributed by atoms with Crippen LogP contribution in [0.4, 0.5) is 0 Å². The highest BCUT2D eigenvalue weighted by molar-refractivity contribution is 5.28. The minimum Gasteiger partial charge on any atom is -0.493 e. The smallest absolute Gasteiger partial charge is 0.125 e. The fourth-order valence-corrected chi connectivity index (χ4v) is 1.51. The van der Waals surface area contributed by atoms with Crippen LogP contribution >= 0.6 is 0 Å². The van der Waals surface area contributed by atoms with Crippen molar-refractivity contribution in [2.24, 2.45) is 0 Å². The number of aryl methyl sites for hydroxylation is 1. The fraction of sp³-hybridized carbons (Fsp3) is 0.615. The van der Waals surface area contributed by atoms with Crippen LogP contribution in [-0.2, 0) is 0 Å². The Morgan fingerprint density at radius 2 is 2.00 bits per heavy atom. The Morgan fingerprint density at radius 3 is 2.73 bits per heavy atom. The first-order valence-electron chi connectivity index (χ1n) is 5.88. The molecule has 0 aliphatic heterocycles. The number of nitrogens with zero attached hydrogens (tertiary/aromatic N) is 1. The number of unbranched alkanes of at least 4 members (excludes halogenated alkanes) is 4. The number of hydrogen-bond donors (Lipinski definition) is 0. The Morgan fingerprint density at radius 1 is 1.20 bits per heavy atom. The van der Waals surface area contributed by atoms with Crippen LogP contribution in [0.5, 0.6) is 5.75 Å². The topological polar surface area (TPSA) is 22.1 Å². The molecule has 84 valence electrons. The van der Waals surface area contributed by atoms with Crippen LogP contribution in [-0.4, -0.2) is 11.6 Å². The zero-order valence-electron chi connectivity index (χ0n) is 9.83. The molecule has 15 heavy (non-hydrogen) atoms. The highest BCUT2D eigenvalue weighted by Gasteiger charge is 1.97. The molecule has 0 radical (unpaired) electrons. The summed E-state index contributed by atoms with van der Waals surface area (Å²) in [5, 5.41) is 0. The molecule has 0 saturated carbocycles. The molecule has 0 bridgehead atoms. The highest BCUT2D eigenvalue weighted by Crippen LogP contribution is 2.15. The zero-order chi connectivity index (χ0) is 10.9. The van der Waals surface area contributed by atoms with E-state index in [1.165, 1.54) is 25.7 Å². The van der Waals surface area contributed by atoms with Gasteiger partial charge >= 0.3 is 0 Å². The van der Waals surface area contributed by atoms with Gasteiger partial charge in [-0.25, -0.2) is 0 Å². The summed E-state index contributed by atoms with van der Waals surface area (Å²) in [6.45, 7) is 5.09. The summed E-state index contributed by atoms with van der Waals surface area (Å²) in [5.41, 5.74) is 1.12. The highest BCUT2D eigenvalue weighted by atomic mass is 16.5. The van der Waals surface area contributed by atoms with Gasteiger partial charge in [0.2, 0.25) is 0 Å². The van der Waals surface area contributed by atoms with Gasteiger partial charge in [0, 0.05) is 18.0 Å². The molecule has 0 aromatic carbocycles. The molecule has 1 aromatic rings. The molecule has 1 aromatic heterocycles. The maximum atomic E-state index is 5.68. The van der Waals surface area contributed by atoms with Gasteiger partial charge in [0.05, 0.1) is 6.61 Å². The Labute approximate surface area is 92.7 Å². The summed E-state index contributed by atoms with van der Waals surface area (Å²) in [6.07, 6.45) is 10.0. The minimum atomic E-state index is 0.828. The van der Waals surface area contributed by atoms with Crippen molar-refractivity contribution < 1.29 is 4.74 Å². The van der Waals surface area contributed by atoms with Crippen LogP contribution < -0.4 is 4.74 Å². The maximum Gasteiger partial charge on any atom is 0.125 e. The minimum absolute atomic E-state index is 0.828. The van der Waals surface area contributed by atoms with E-state index in [2.05, 4.69) is 11.9 Å². The third-order valence-electron chi connectivity index (χ3n) is 2.47. The zero-order valence-corrected chi connectivity index (χ0v) is 9.83. The van der Waals surface area contributed by atoms with E-state index in [-0.39, 0.29) is 0 Å². The van der Waals surface area contributed by atoms with Crippen molar-refractivity contribution in [3.05, 3.63) is 24.0 Å². The molecule has 0 atom stereocenters. The molecule has 0 fully saturated rings. The summed E-state index contributed by atoms with van der Waals surface area (Å²) in [6, 6.07) is 1.93. The van der Waals surface area contributed by atoms with Gasteiger partial charge in [0.25, 0.3) is 0 Å². The average Bonchev–Trinajstić information content (AvgIpc) is 2.25. The van der Waals surface area contributed by atoms with Crippen molar-refractivity contribution in [3.63, 3.8) is 0 Å². The molecule has 0 unspecified atom stereocenters. The van der Waals surface area contributed by atoms with Gasteiger partial charge < -0.3 is 4.74 Å². The second-order valence-corrected chi connectivity index (χ2v) is 3.90. The van der Waals surface area contributed by atoms with E-state index in [1.807, 2.05) is 19.2 Å². The van der Waals surface area contributed by atoms with Crippen LogP contribution in [0.1, 0.15) is 44.6 Å². The molecule has 1 rings (SSSR count). The molecular weight excluding hydrogens is 186 g/mol. The van der Waals surface area contributed by atoms with Gasteiger partial charge in [-0.3, -0.25) is 4.98 Å². The molecule has 0 saturated heterocycles. The number of hydrogen-bond acceptors (Lipinski definition) is 2. The Balaban J connectivity index is 2.12. The van der Waals surface area contributed by atoms with Crippen molar-refractivity contribution in [2.75, 3.05) is 6.61 Å². The SMILES string of the molecule is CCCCCCCOc1ccncc1C. The van der Waals surface area contributed by atoms with E-state index in [0.717, 1.165) is 24.3 Å². The van der Waals surface area contributed by atoms with Crippen LogP contribution in [0.25, 0.3) is 0 Å². The third-order valence-corrected chi connectivity index (χ3v) is 2.47. The lowest BCUT2D eigenvalue weighted by atomic mass is 10.2. The fourth-order valence-electron chi connectivity index (χ4n) is 1.51. The summed E-state index contributed by atoms with van der Waals surface area (Å²) >= 11 is 0. The van der Waals surface area contributed by atoms with Gasteiger partial charge in [-0.15, -0.1) is 0 Å². The average molecular weight is 207 g/mol. The van der Waals surface area contributed by atoms with Crippen molar-refractivity contribution in [1.82, 2.24) is 4.98 Å². The first-order valence-corrected chi connectivity index (χ1v) is 5.88. The molecule has 0 aliphatic rings. The van der Waals surface area contributed by atoms with E-state index in [0.29, 0.717) is 0 Å². The quantitative estimate of drug-likeness (QED) is 0.635. The monoisotopic (exact) mass is 207 g/mol. The molecule has 0 spiro atoms. The van der Waals surface area contributed by atoms with Gasteiger partial charge in [0.15, 0.2) is 0 Å². The number of ether oxygens (including phenoxy) is 1. The Bertz CT molecular complexity index is 273. The standard InChI is InChI=1S/C13H21NO/c1-3-4-5-6-7-10-15-13-8-9-14-11-12(13)2/h8-9,11H,3-7,10H2,1-2H3. The molecule has 0 aliphatic carbocycles. The van der Waals surface area contributed by atoms with Crippen molar-refractivity contribution in [3.8, 4) is 5.75 Å². The van der Waals surface area contributed by atoms with Crippen molar-refractivity contribution >= 4 is 0 Å². The molecule has 0 amide bonds. The van der Waals surface area contributed by atoms with E-state index in [4.69, 9.17) is 4.74 Å². The van der Waals surface area contributed by atoms with Crippen LogP contribution in [0.3, 0.4) is 0 Å². The van der Waals surface area contributed by atoms with E-state index < -0.39 is 0 Å². The lowest BCUT2D eigenvalue weighted by molar-refractivity contribution is 0.302. The summed E-state index contributed by atoms with van der Waals surface area (Å²) in [4.78, 5) is 4.03. The summed E-state index contributed by atoms with van der Waals surface area (Å²) in [5.74, 6) is 0.973. The largest absolute Gasteiger partial charge is 0.493 e. The lowest BCUT2D eigenvalue weighted by Gasteiger charge is -2.07. The van der Waals surface area contributed by atoms with Gasteiger partial charge in [-0.2, -0.15) is 0 Å². The number of pyridine rings is 1. The normalized spacial score (nSPS) is 10.3. The lowest BCUT2D eigenvalue weighted by Crippen LogP contribution is -1.98. The molecule has 2 heteroatoms. The maximum absolute atomic E-state index is 5.68. The second-order valence-electron chi connectivity index (χ2n) is 3.90. The predicted molar refractivity (Wildman–Crippen MR) is 63.2 cm³/mol. The van der Waals surface area contributed by atoms with Crippen LogP contribution in [0.2, 0.25) is 0 Å². The number of rotatable bonds is 7. The first kappa shape index (κ1) is 12.0. The van der Waals surface area contributed by atoms with E-state index in [9.17, 15) is 0 Å². The molecule has 0 N–H and O–H groups in total. The van der Waals surface area contributed by atoms with Crippen molar-refractivity contribution in [2.45, 2.75) is 46.0 Å². The second kappa shape index (κ2) is 7.27. The summed E-state index contributed by atoms with van der Waals surface area (Å²) in [7, 11) is 0. The van der Waals surface area contributed by atoms with Crippen molar-refractivity contribution in [1.29, 1.82) is 0 Å². The van der Waals surface area contributed by atoms with Crippen LogP contribution in [0.15, 0.2) is 18.5 Å². The summed E-state index contributed by atoms with van der Waals surface area (Å²) < 4.78 is 5.68. The number of aromatic nitrogens is 1. The third kappa shape index (κ3) is 4.82. The molecule has 2 nitrogen and oxygen atoms in total. The van der Waals surface area contributed by atoms with Gasteiger partial charge in [-0.1, -0.05) is 32.6 Å². The molecule has 1 heterocycles. The first-order chi connectivity index (χ1) is 7.34. The van der Waals surface area contributed by atoms with E-state index in [1.54, 1.807) is 6.20 Å².